The zero-order valence-electron chi connectivity index (χ0n) is 9.63. The third-order valence-corrected chi connectivity index (χ3v) is 2.16. The highest BCUT2D eigenvalue weighted by Crippen LogP contribution is 2.04. The summed E-state index contributed by atoms with van der Waals surface area (Å²) in [5.74, 6) is 0.498. The third kappa shape index (κ3) is 9.37. The molecule has 0 aromatic carbocycles. The molecule has 1 N–H and O–H groups in total. The summed E-state index contributed by atoms with van der Waals surface area (Å²) in [6.45, 7) is 4.29. The number of hydrogen-bond acceptors (Lipinski definition) is 1. The molecule has 0 unspecified atom stereocenters. The van der Waals surface area contributed by atoms with Gasteiger partial charge in [0.1, 0.15) is 0 Å². The lowest BCUT2D eigenvalue weighted by atomic mass is 10.1. The van der Waals surface area contributed by atoms with Gasteiger partial charge in [-0.25, -0.2) is 0 Å². The molecule has 0 spiro atoms. The highest BCUT2D eigenvalue weighted by Gasteiger charge is 1.87. The monoisotopic (exact) mass is 196 g/mol. The highest BCUT2D eigenvalue weighted by molar-refractivity contribution is 5.06. The quantitative estimate of drug-likeness (QED) is 0.337. The van der Waals surface area contributed by atoms with Gasteiger partial charge >= 0.3 is 0 Å². The molecule has 1 heteroatoms. The minimum Gasteiger partial charge on any atom is -0.512 e. The van der Waals surface area contributed by atoms with Crippen LogP contribution in [0.1, 0.15) is 58.8 Å². The molecule has 0 fully saturated rings. The highest BCUT2D eigenvalue weighted by atomic mass is 16.3. The van der Waals surface area contributed by atoms with Crippen molar-refractivity contribution in [2.75, 3.05) is 0 Å². The lowest BCUT2D eigenvalue weighted by Gasteiger charge is -1.94. The Kier molecular flexibility index (Phi) is 9.83. The molecule has 0 aliphatic heterocycles. The van der Waals surface area contributed by atoms with Gasteiger partial charge in [-0.05, 0) is 25.3 Å². The van der Waals surface area contributed by atoms with Crippen molar-refractivity contribution in [3.05, 3.63) is 24.0 Å². The van der Waals surface area contributed by atoms with Crippen LogP contribution in [0, 0.1) is 0 Å². The molecule has 14 heavy (non-hydrogen) atoms. The largest absolute Gasteiger partial charge is 0.512 e. The fraction of sp³-hybridized carbons (Fsp3) is 0.692. The zero-order valence-corrected chi connectivity index (χ0v) is 9.63. The summed E-state index contributed by atoms with van der Waals surface area (Å²) >= 11 is 0. The molecule has 0 rings (SSSR count). The van der Waals surface area contributed by atoms with Crippen LogP contribution in [0.15, 0.2) is 24.0 Å². The number of aliphatic hydroxyl groups excluding tert-OH is 1. The van der Waals surface area contributed by atoms with Crippen LogP contribution in [0.2, 0.25) is 0 Å². The van der Waals surface area contributed by atoms with Gasteiger partial charge in [0, 0.05) is 6.42 Å². The van der Waals surface area contributed by atoms with Gasteiger partial charge in [-0.2, -0.15) is 0 Å². The summed E-state index contributed by atoms with van der Waals surface area (Å²) in [7, 11) is 0. The maximum absolute atomic E-state index is 9.30. The topological polar surface area (TPSA) is 20.2 Å². The fourth-order valence-electron chi connectivity index (χ4n) is 1.30. The second-order valence-corrected chi connectivity index (χ2v) is 3.69. The van der Waals surface area contributed by atoms with Crippen molar-refractivity contribution in [3.8, 4) is 0 Å². The Hall–Kier alpha value is -0.720. The van der Waals surface area contributed by atoms with Crippen molar-refractivity contribution in [2.24, 2.45) is 0 Å². The van der Waals surface area contributed by atoms with Gasteiger partial charge in [0.2, 0.25) is 0 Å². The summed E-state index contributed by atoms with van der Waals surface area (Å²) < 4.78 is 0. The summed E-state index contributed by atoms with van der Waals surface area (Å²) in [6.07, 6.45) is 14.1. The average Bonchev–Trinajstić information content (AvgIpc) is 2.17. The van der Waals surface area contributed by atoms with Crippen molar-refractivity contribution in [2.45, 2.75) is 58.8 Å². The zero-order chi connectivity index (χ0) is 10.6. The molecule has 0 amide bonds. The van der Waals surface area contributed by atoms with E-state index >= 15 is 0 Å². The predicted octanol–water partition coefficient (Wildman–Crippen LogP) is 4.76. The molecule has 0 aromatic heterocycles. The average molecular weight is 196 g/mol. The Morgan fingerprint density at radius 3 is 2.50 bits per heavy atom. The van der Waals surface area contributed by atoms with E-state index in [9.17, 15) is 5.11 Å². The fourth-order valence-corrected chi connectivity index (χ4v) is 1.30. The molecular weight excluding hydrogens is 172 g/mol. The van der Waals surface area contributed by atoms with Crippen LogP contribution in [0.5, 0.6) is 0 Å². The molecule has 0 aromatic rings. The molecule has 0 aliphatic rings. The number of aliphatic hydroxyl groups is 1. The van der Waals surface area contributed by atoms with Gasteiger partial charge in [0.15, 0.2) is 0 Å². The summed E-state index contributed by atoms with van der Waals surface area (Å²) in [5, 5.41) is 9.30. The molecular formula is C13H24O. The van der Waals surface area contributed by atoms with Crippen molar-refractivity contribution >= 4 is 0 Å². The Morgan fingerprint density at radius 2 is 1.86 bits per heavy atom. The van der Waals surface area contributed by atoms with Gasteiger partial charge in [0.25, 0.3) is 0 Å². The lowest BCUT2D eigenvalue weighted by molar-refractivity contribution is 0.387. The number of allylic oxidation sites excluding steroid dienone is 4. The van der Waals surface area contributed by atoms with Crippen LogP contribution in [0.3, 0.4) is 0 Å². The molecule has 0 radical (unpaired) electrons. The molecule has 0 atom stereocenters. The maximum Gasteiger partial charge on any atom is 0.0922 e. The minimum atomic E-state index is 0.498. The Balaban J connectivity index is 3.38. The van der Waals surface area contributed by atoms with Crippen LogP contribution in [0.25, 0.3) is 0 Å². The molecule has 0 saturated carbocycles. The van der Waals surface area contributed by atoms with E-state index in [1.807, 2.05) is 12.2 Å². The van der Waals surface area contributed by atoms with E-state index < -0.39 is 0 Å². The van der Waals surface area contributed by atoms with Gasteiger partial charge in [0.05, 0.1) is 5.76 Å². The first-order valence-corrected chi connectivity index (χ1v) is 5.85. The van der Waals surface area contributed by atoms with Crippen LogP contribution in [-0.4, -0.2) is 5.11 Å². The molecule has 0 aliphatic carbocycles. The molecule has 0 saturated heterocycles. The van der Waals surface area contributed by atoms with Crippen LogP contribution >= 0.6 is 0 Å². The van der Waals surface area contributed by atoms with Gasteiger partial charge < -0.3 is 5.11 Å². The van der Waals surface area contributed by atoms with Crippen molar-refractivity contribution in [3.63, 3.8) is 0 Å². The molecule has 0 bridgehead atoms. The molecule has 1 nitrogen and oxygen atoms in total. The van der Waals surface area contributed by atoms with Crippen LogP contribution < -0.4 is 0 Å². The van der Waals surface area contributed by atoms with Crippen molar-refractivity contribution < 1.29 is 5.11 Å². The van der Waals surface area contributed by atoms with Crippen molar-refractivity contribution in [1.29, 1.82) is 0 Å². The second kappa shape index (κ2) is 10.4. The van der Waals surface area contributed by atoms with Gasteiger partial charge in [-0.15, -0.1) is 0 Å². The Morgan fingerprint density at radius 1 is 1.07 bits per heavy atom. The first-order valence-electron chi connectivity index (χ1n) is 5.85. The van der Waals surface area contributed by atoms with E-state index in [2.05, 4.69) is 19.9 Å². The Labute approximate surface area is 88.5 Å². The lowest BCUT2D eigenvalue weighted by Crippen LogP contribution is -1.77. The molecule has 0 heterocycles. The van der Waals surface area contributed by atoms with E-state index in [-0.39, 0.29) is 0 Å². The van der Waals surface area contributed by atoms with Crippen molar-refractivity contribution in [1.82, 2.24) is 0 Å². The number of unbranched alkanes of at least 4 members (excludes halogenated alkanes) is 4. The summed E-state index contributed by atoms with van der Waals surface area (Å²) in [6, 6.07) is 0. The van der Waals surface area contributed by atoms with Crippen LogP contribution in [0.4, 0.5) is 0 Å². The van der Waals surface area contributed by atoms with E-state index in [0.29, 0.717) is 5.76 Å². The SMILES string of the molecule is CCCCCC/C=C/C=C(\O)CCC. The van der Waals surface area contributed by atoms with E-state index in [1.54, 1.807) is 0 Å². The number of hydrogen-bond donors (Lipinski definition) is 1. The predicted molar refractivity (Wildman–Crippen MR) is 63.5 cm³/mol. The van der Waals surface area contributed by atoms with E-state index in [4.69, 9.17) is 0 Å². The minimum absolute atomic E-state index is 0.498. The number of rotatable bonds is 8. The summed E-state index contributed by atoms with van der Waals surface area (Å²) in [5.41, 5.74) is 0. The normalized spacial score (nSPS) is 12.6. The second-order valence-electron chi connectivity index (χ2n) is 3.69. The van der Waals surface area contributed by atoms with E-state index in [0.717, 1.165) is 19.3 Å². The smallest absolute Gasteiger partial charge is 0.0922 e. The standard InChI is InChI=1S/C13H24O/c1-3-5-6-7-8-9-10-12-13(14)11-4-2/h9-10,12,14H,3-8,11H2,1-2H3/b10-9+,13-12-. The van der Waals surface area contributed by atoms with E-state index in [1.165, 1.54) is 25.7 Å². The first-order chi connectivity index (χ1) is 6.81. The summed E-state index contributed by atoms with van der Waals surface area (Å²) in [4.78, 5) is 0. The third-order valence-electron chi connectivity index (χ3n) is 2.16. The molecule has 82 valence electrons. The van der Waals surface area contributed by atoms with Gasteiger partial charge in [-0.1, -0.05) is 45.3 Å². The first kappa shape index (κ1) is 13.3. The Bertz CT molecular complexity index is 168. The van der Waals surface area contributed by atoms with Crippen LogP contribution in [-0.2, 0) is 0 Å². The van der Waals surface area contributed by atoms with Gasteiger partial charge in [-0.3, -0.25) is 0 Å². The maximum atomic E-state index is 9.30.